The molecule has 3 rings (SSSR count). The van der Waals surface area contributed by atoms with Crippen LogP contribution in [0.5, 0.6) is 0 Å². The predicted octanol–water partition coefficient (Wildman–Crippen LogP) is 3.97. The van der Waals surface area contributed by atoms with Crippen molar-refractivity contribution in [1.82, 2.24) is 4.57 Å². The molecule has 0 aliphatic heterocycles. The molecule has 0 saturated heterocycles. The lowest BCUT2D eigenvalue weighted by atomic mass is 10.2. The number of aromatic nitrogens is 1. The summed E-state index contributed by atoms with van der Waals surface area (Å²) in [7, 11) is 0. The van der Waals surface area contributed by atoms with Crippen LogP contribution >= 0.6 is 15.9 Å². The third kappa shape index (κ3) is 1.59. The number of furan rings is 1. The maximum Gasteiger partial charge on any atom is 0.153 e. The summed E-state index contributed by atoms with van der Waals surface area (Å²) in [6.07, 6.45) is 4.91. The van der Waals surface area contributed by atoms with Crippen LogP contribution in [0.4, 0.5) is 0 Å². The molecule has 2 aromatic rings. The maximum absolute atomic E-state index is 11.2. The topological polar surface area (TPSA) is 35.1 Å². The summed E-state index contributed by atoms with van der Waals surface area (Å²) in [6, 6.07) is 4.30. The van der Waals surface area contributed by atoms with Gasteiger partial charge in [0.1, 0.15) is 0 Å². The van der Waals surface area contributed by atoms with Crippen LogP contribution in [0.1, 0.15) is 34.9 Å². The number of nitrogens with zero attached hydrogens (tertiary/aromatic N) is 1. The molecule has 0 radical (unpaired) electrons. The van der Waals surface area contributed by atoms with E-state index in [1.807, 2.05) is 19.1 Å². The van der Waals surface area contributed by atoms with Gasteiger partial charge in [0.15, 0.2) is 12.0 Å². The molecule has 1 aliphatic carbocycles. The van der Waals surface area contributed by atoms with Gasteiger partial charge in [0.25, 0.3) is 0 Å². The Morgan fingerprint density at radius 1 is 1.53 bits per heavy atom. The zero-order valence-electron chi connectivity index (χ0n) is 9.44. The Morgan fingerprint density at radius 2 is 2.29 bits per heavy atom. The molecule has 0 spiro atoms. The van der Waals surface area contributed by atoms with Gasteiger partial charge in [-0.2, -0.15) is 0 Å². The van der Waals surface area contributed by atoms with Crippen LogP contribution in [-0.4, -0.2) is 10.9 Å². The monoisotopic (exact) mass is 293 g/mol. The molecule has 0 atom stereocenters. The average molecular weight is 294 g/mol. The van der Waals surface area contributed by atoms with Crippen molar-refractivity contribution in [1.29, 1.82) is 0 Å². The minimum atomic E-state index is 0.514. The van der Waals surface area contributed by atoms with E-state index in [1.54, 1.807) is 6.26 Å². The van der Waals surface area contributed by atoms with E-state index in [1.165, 1.54) is 12.8 Å². The molecule has 2 aromatic heterocycles. The third-order valence-corrected chi connectivity index (χ3v) is 4.02. The van der Waals surface area contributed by atoms with Crippen molar-refractivity contribution in [3.63, 3.8) is 0 Å². The lowest BCUT2D eigenvalue weighted by molar-refractivity contribution is 0.112. The van der Waals surface area contributed by atoms with Gasteiger partial charge in [-0.1, -0.05) is 0 Å². The SMILES string of the molecule is Cc1c(C=O)c(Br)c(-c2ccco2)n1C1CC1. The first-order valence-corrected chi connectivity index (χ1v) is 6.42. The Kier molecular flexibility index (Phi) is 2.47. The van der Waals surface area contributed by atoms with Crippen LogP contribution in [0, 0.1) is 6.92 Å². The van der Waals surface area contributed by atoms with E-state index >= 15 is 0 Å². The van der Waals surface area contributed by atoms with Gasteiger partial charge in [-0.3, -0.25) is 4.79 Å². The summed E-state index contributed by atoms with van der Waals surface area (Å²) in [5.41, 5.74) is 2.72. The van der Waals surface area contributed by atoms with Crippen LogP contribution in [0.25, 0.3) is 11.5 Å². The Balaban J connectivity index is 2.28. The molecule has 88 valence electrons. The molecule has 1 saturated carbocycles. The summed E-state index contributed by atoms with van der Waals surface area (Å²) in [4.78, 5) is 11.2. The highest BCUT2D eigenvalue weighted by Gasteiger charge is 2.31. The van der Waals surface area contributed by atoms with Crippen molar-refractivity contribution in [2.75, 3.05) is 0 Å². The third-order valence-electron chi connectivity index (χ3n) is 3.22. The molecule has 0 aromatic carbocycles. The summed E-state index contributed by atoms with van der Waals surface area (Å²) in [6.45, 7) is 1.99. The Morgan fingerprint density at radius 3 is 2.82 bits per heavy atom. The fourth-order valence-corrected chi connectivity index (χ4v) is 3.02. The largest absolute Gasteiger partial charge is 0.463 e. The highest BCUT2D eigenvalue weighted by Crippen LogP contribution is 2.45. The molecule has 0 bridgehead atoms. The normalized spacial score (nSPS) is 15.2. The van der Waals surface area contributed by atoms with E-state index in [2.05, 4.69) is 20.5 Å². The smallest absolute Gasteiger partial charge is 0.153 e. The van der Waals surface area contributed by atoms with Crippen LogP contribution < -0.4 is 0 Å². The van der Waals surface area contributed by atoms with Crippen LogP contribution in [-0.2, 0) is 0 Å². The first-order chi connectivity index (χ1) is 8.24. The lowest BCUT2D eigenvalue weighted by Crippen LogP contribution is -1.99. The number of hydrogen-bond donors (Lipinski definition) is 0. The zero-order valence-corrected chi connectivity index (χ0v) is 11.0. The van der Waals surface area contributed by atoms with Gasteiger partial charge in [-0.25, -0.2) is 0 Å². The van der Waals surface area contributed by atoms with Gasteiger partial charge in [-0.05, 0) is 47.8 Å². The van der Waals surface area contributed by atoms with Crippen molar-refractivity contribution in [3.05, 3.63) is 34.1 Å². The van der Waals surface area contributed by atoms with Gasteiger partial charge in [0.05, 0.1) is 16.4 Å². The second kappa shape index (κ2) is 3.88. The minimum absolute atomic E-state index is 0.514. The van der Waals surface area contributed by atoms with E-state index in [-0.39, 0.29) is 0 Å². The maximum atomic E-state index is 11.2. The van der Waals surface area contributed by atoms with Gasteiger partial charge >= 0.3 is 0 Å². The summed E-state index contributed by atoms with van der Waals surface area (Å²) < 4.78 is 8.52. The van der Waals surface area contributed by atoms with Crippen LogP contribution in [0.3, 0.4) is 0 Å². The first kappa shape index (κ1) is 10.8. The Labute approximate surface area is 108 Å². The second-order valence-corrected chi connectivity index (χ2v) is 5.15. The number of halogens is 1. The van der Waals surface area contributed by atoms with E-state index < -0.39 is 0 Å². The average Bonchev–Trinajstić information content (AvgIpc) is 2.93. The summed E-state index contributed by atoms with van der Waals surface area (Å²) in [5, 5.41) is 0. The highest BCUT2D eigenvalue weighted by molar-refractivity contribution is 9.10. The molecule has 0 unspecified atom stereocenters. The number of hydrogen-bond acceptors (Lipinski definition) is 2. The van der Waals surface area contributed by atoms with Crippen molar-refractivity contribution in [2.24, 2.45) is 0 Å². The van der Waals surface area contributed by atoms with Crippen LogP contribution in [0.15, 0.2) is 27.3 Å². The molecule has 0 N–H and O–H groups in total. The molecule has 0 amide bonds. The molecule has 1 aliphatic rings. The highest BCUT2D eigenvalue weighted by atomic mass is 79.9. The fourth-order valence-electron chi connectivity index (χ4n) is 2.26. The minimum Gasteiger partial charge on any atom is -0.463 e. The molecular formula is C13H12BrNO2. The van der Waals surface area contributed by atoms with Gasteiger partial charge < -0.3 is 8.98 Å². The van der Waals surface area contributed by atoms with E-state index in [4.69, 9.17) is 4.42 Å². The Bertz CT molecular complexity index is 565. The quantitative estimate of drug-likeness (QED) is 0.803. The fraction of sp³-hybridized carbons (Fsp3) is 0.308. The van der Waals surface area contributed by atoms with Crippen LogP contribution in [0.2, 0.25) is 0 Å². The second-order valence-electron chi connectivity index (χ2n) is 4.36. The van der Waals surface area contributed by atoms with E-state index in [0.29, 0.717) is 6.04 Å². The summed E-state index contributed by atoms with van der Waals surface area (Å²) >= 11 is 3.52. The molecule has 3 nitrogen and oxygen atoms in total. The van der Waals surface area contributed by atoms with Crippen molar-refractivity contribution < 1.29 is 9.21 Å². The predicted molar refractivity (Wildman–Crippen MR) is 68.2 cm³/mol. The zero-order chi connectivity index (χ0) is 12.0. The van der Waals surface area contributed by atoms with Crippen molar-refractivity contribution >= 4 is 22.2 Å². The van der Waals surface area contributed by atoms with Crippen molar-refractivity contribution in [2.45, 2.75) is 25.8 Å². The number of aldehydes is 1. The van der Waals surface area contributed by atoms with Gasteiger partial charge in [0, 0.05) is 17.3 Å². The van der Waals surface area contributed by atoms with E-state index in [9.17, 15) is 4.79 Å². The summed E-state index contributed by atoms with van der Waals surface area (Å²) in [5.74, 6) is 0.806. The standard InChI is InChI=1S/C13H12BrNO2/c1-8-10(7-16)12(14)13(11-3-2-6-17-11)15(8)9-4-5-9/h2-3,6-7,9H,4-5H2,1H3. The van der Waals surface area contributed by atoms with E-state index in [0.717, 1.165) is 33.5 Å². The Hall–Kier alpha value is -1.29. The first-order valence-electron chi connectivity index (χ1n) is 5.63. The molecule has 4 heteroatoms. The molecule has 2 heterocycles. The number of carbonyl (C=O) groups excluding carboxylic acids is 1. The lowest BCUT2D eigenvalue weighted by Gasteiger charge is -2.08. The molecule has 1 fully saturated rings. The van der Waals surface area contributed by atoms with Gasteiger partial charge in [0.2, 0.25) is 0 Å². The van der Waals surface area contributed by atoms with Gasteiger partial charge in [-0.15, -0.1) is 0 Å². The number of carbonyl (C=O) groups is 1. The number of rotatable bonds is 3. The molecule has 17 heavy (non-hydrogen) atoms. The molecular weight excluding hydrogens is 282 g/mol. The van der Waals surface area contributed by atoms with Crippen molar-refractivity contribution in [3.8, 4) is 11.5 Å².